The molecule has 0 amide bonds. The van der Waals surface area contributed by atoms with E-state index in [4.69, 9.17) is 5.11 Å². The lowest BCUT2D eigenvalue weighted by Crippen LogP contribution is -2.19. The standard InChI is InChI=1S/C11H7FN2O3/c12-7-1-3-8(4-2-7)14-5-9(11(16)17)10(15)13-6-14/h1-6H,(H,16,17). The molecule has 86 valence electrons. The molecule has 0 radical (unpaired) electrons. The predicted octanol–water partition coefficient (Wildman–Crippen LogP) is 1.07. The molecule has 6 heteroatoms. The summed E-state index contributed by atoms with van der Waals surface area (Å²) in [5, 5.41) is 8.77. The van der Waals surface area contributed by atoms with Crippen LogP contribution in [0.15, 0.2) is 41.6 Å². The second-order valence-electron chi connectivity index (χ2n) is 3.28. The van der Waals surface area contributed by atoms with Gasteiger partial charge in [-0.2, -0.15) is 4.98 Å². The number of carboxylic acid groups (broad SMARTS) is 1. The molecule has 2 rings (SSSR count). The zero-order chi connectivity index (χ0) is 12.4. The molecule has 17 heavy (non-hydrogen) atoms. The first-order valence-electron chi connectivity index (χ1n) is 4.65. The van der Waals surface area contributed by atoms with Crippen LogP contribution < -0.4 is 5.56 Å². The molecule has 1 N–H and O–H groups in total. The maximum absolute atomic E-state index is 12.7. The van der Waals surface area contributed by atoms with E-state index in [-0.39, 0.29) is 0 Å². The Morgan fingerprint density at radius 2 is 1.94 bits per heavy atom. The Morgan fingerprint density at radius 1 is 1.29 bits per heavy atom. The number of rotatable bonds is 2. The van der Waals surface area contributed by atoms with Gasteiger partial charge in [-0.3, -0.25) is 4.79 Å². The van der Waals surface area contributed by atoms with Crippen molar-refractivity contribution in [3.63, 3.8) is 0 Å². The molecule has 0 fully saturated rings. The molecule has 0 aliphatic carbocycles. The number of aromatic carboxylic acids is 1. The summed E-state index contributed by atoms with van der Waals surface area (Å²) in [7, 11) is 0. The second-order valence-corrected chi connectivity index (χ2v) is 3.28. The summed E-state index contributed by atoms with van der Waals surface area (Å²) < 4.78 is 14.0. The molecule has 0 bridgehead atoms. The molecule has 0 unspecified atom stereocenters. The first-order valence-corrected chi connectivity index (χ1v) is 4.65. The van der Waals surface area contributed by atoms with E-state index in [2.05, 4.69) is 4.98 Å². The smallest absolute Gasteiger partial charge is 0.342 e. The van der Waals surface area contributed by atoms with Gasteiger partial charge >= 0.3 is 5.97 Å². The number of hydrogen-bond donors (Lipinski definition) is 1. The van der Waals surface area contributed by atoms with Gasteiger partial charge in [0.25, 0.3) is 5.56 Å². The average molecular weight is 234 g/mol. The molecule has 1 heterocycles. The maximum atomic E-state index is 12.7. The Morgan fingerprint density at radius 3 is 2.53 bits per heavy atom. The molecule has 1 aromatic heterocycles. The van der Waals surface area contributed by atoms with Crippen molar-refractivity contribution < 1.29 is 14.3 Å². The van der Waals surface area contributed by atoms with Gasteiger partial charge in [0, 0.05) is 11.9 Å². The van der Waals surface area contributed by atoms with Gasteiger partial charge in [0.05, 0.1) is 0 Å². The van der Waals surface area contributed by atoms with Crippen molar-refractivity contribution in [1.82, 2.24) is 9.55 Å². The number of nitrogens with zero attached hydrogens (tertiary/aromatic N) is 2. The van der Waals surface area contributed by atoms with Crippen LogP contribution in [0.3, 0.4) is 0 Å². The third-order valence-corrected chi connectivity index (χ3v) is 2.15. The summed E-state index contributed by atoms with van der Waals surface area (Å²) in [6, 6.07) is 5.36. The van der Waals surface area contributed by atoms with Crippen LogP contribution in [0.4, 0.5) is 4.39 Å². The van der Waals surface area contributed by atoms with Gasteiger partial charge in [0.15, 0.2) is 0 Å². The van der Waals surface area contributed by atoms with Gasteiger partial charge in [-0.1, -0.05) is 0 Å². The Hall–Kier alpha value is -2.50. The Bertz CT molecular complexity index is 619. The van der Waals surface area contributed by atoms with Crippen molar-refractivity contribution in [3.05, 3.63) is 58.5 Å². The molecular formula is C11H7FN2O3. The zero-order valence-corrected chi connectivity index (χ0v) is 8.50. The lowest BCUT2D eigenvalue weighted by Gasteiger charge is -2.05. The maximum Gasteiger partial charge on any atom is 0.342 e. The third-order valence-electron chi connectivity index (χ3n) is 2.15. The van der Waals surface area contributed by atoms with Crippen LogP contribution in [0.2, 0.25) is 0 Å². The van der Waals surface area contributed by atoms with Crippen LogP contribution in [0.25, 0.3) is 5.69 Å². The van der Waals surface area contributed by atoms with Gasteiger partial charge in [-0.25, -0.2) is 9.18 Å². The van der Waals surface area contributed by atoms with Crippen molar-refractivity contribution in [1.29, 1.82) is 0 Å². The van der Waals surface area contributed by atoms with E-state index in [1.165, 1.54) is 35.2 Å². The van der Waals surface area contributed by atoms with E-state index in [1.807, 2.05) is 0 Å². The highest BCUT2D eigenvalue weighted by Crippen LogP contribution is 2.08. The summed E-state index contributed by atoms with van der Waals surface area (Å²) >= 11 is 0. The van der Waals surface area contributed by atoms with Gasteiger partial charge in [-0.05, 0) is 24.3 Å². The monoisotopic (exact) mass is 234 g/mol. The number of halogens is 1. The highest BCUT2D eigenvalue weighted by atomic mass is 19.1. The number of hydrogen-bond acceptors (Lipinski definition) is 3. The molecule has 2 aromatic rings. The first kappa shape index (κ1) is 11.0. The summed E-state index contributed by atoms with van der Waals surface area (Å²) in [4.78, 5) is 25.3. The van der Waals surface area contributed by atoms with E-state index < -0.39 is 22.9 Å². The normalized spacial score (nSPS) is 10.2. The molecule has 0 aliphatic heterocycles. The van der Waals surface area contributed by atoms with Crippen molar-refractivity contribution in [2.45, 2.75) is 0 Å². The third kappa shape index (κ3) is 2.20. The largest absolute Gasteiger partial charge is 0.477 e. The van der Waals surface area contributed by atoms with Crippen molar-refractivity contribution in [2.24, 2.45) is 0 Å². The second kappa shape index (κ2) is 4.17. The molecule has 0 atom stereocenters. The van der Waals surface area contributed by atoms with Gasteiger partial charge in [0.1, 0.15) is 17.7 Å². The fourth-order valence-corrected chi connectivity index (χ4v) is 1.31. The van der Waals surface area contributed by atoms with Crippen LogP contribution >= 0.6 is 0 Å². The van der Waals surface area contributed by atoms with Crippen molar-refractivity contribution in [3.8, 4) is 5.69 Å². The van der Waals surface area contributed by atoms with Crippen LogP contribution in [-0.2, 0) is 0 Å². The lowest BCUT2D eigenvalue weighted by atomic mass is 10.3. The van der Waals surface area contributed by atoms with Gasteiger partial charge < -0.3 is 9.67 Å². The number of carbonyl (C=O) groups is 1. The van der Waals surface area contributed by atoms with E-state index in [0.717, 1.165) is 6.20 Å². The minimum Gasteiger partial charge on any atom is -0.477 e. The van der Waals surface area contributed by atoms with Crippen LogP contribution in [0, 0.1) is 5.82 Å². The quantitative estimate of drug-likeness (QED) is 0.843. The molecule has 5 nitrogen and oxygen atoms in total. The first-order chi connectivity index (χ1) is 8.08. The van der Waals surface area contributed by atoms with E-state index in [1.54, 1.807) is 0 Å². The summed E-state index contributed by atoms with van der Waals surface area (Å²) in [6.07, 6.45) is 2.33. The molecule has 1 aromatic carbocycles. The Balaban J connectivity index is 2.53. The lowest BCUT2D eigenvalue weighted by molar-refractivity contribution is 0.0694. The van der Waals surface area contributed by atoms with E-state index in [0.29, 0.717) is 5.69 Å². The summed E-state index contributed by atoms with van der Waals surface area (Å²) in [6.45, 7) is 0. The minimum absolute atomic E-state index is 0.402. The van der Waals surface area contributed by atoms with Gasteiger partial charge in [-0.15, -0.1) is 0 Å². The van der Waals surface area contributed by atoms with Crippen molar-refractivity contribution in [2.75, 3.05) is 0 Å². The number of aromatic nitrogens is 2. The fraction of sp³-hybridized carbons (Fsp3) is 0. The topological polar surface area (TPSA) is 72.2 Å². The van der Waals surface area contributed by atoms with Crippen LogP contribution in [0.5, 0.6) is 0 Å². The molecule has 0 aliphatic rings. The van der Waals surface area contributed by atoms with Crippen LogP contribution in [0.1, 0.15) is 10.4 Å². The van der Waals surface area contributed by atoms with Crippen LogP contribution in [-0.4, -0.2) is 20.6 Å². The van der Waals surface area contributed by atoms with Crippen molar-refractivity contribution >= 4 is 5.97 Å². The highest BCUT2D eigenvalue weighted by Gasteiger charge is 2.10. The van der Waals surface area contributed by atoms with E-state index >= 15 is 0 Å². The predicted molar refractivity (Wildman–Crippen MR) is 56.8 cm³/mol. The fourth-order valence-electron chi connectivity index (χ4n) is 1.31. The summed E-state index contributed by atoms with van der Waals surface area (Å²) in [5.74, 6) is -1.75. The molecular weight excluding hydrogens is 227 g/mol. The van der Waals surface area contributed by atoms with Gasteiger partial charge in [0.2, 0.25) is 0 Å². The number of carboxylic acids is 1. The van der Waals surface area contributed by atoms with E-state index in [9.17, 15) is 14.0 Å². The Kier molecular flexibility index (Phi) is 2.70. The molecule has 0 saturated carbocycles. The molecule has 0 saturated heterocycles. The minimum atomic E-state index is -1.35. The Labute approximate surface area is 94.8 Å². The summed E-state index contributed by atoms with van der Waals surface area (Å²) in [5.41, 5.74) is -0.728. The average Bonchev–Trinajstić information content (AvgIpc) is 2.30. The zero-order valence-electron chi connectivity index (χ0n) is 8.50. The number of benzene rings is 1. The molecule has 0 spiro atoms. The highest BCUT2D eigenvalue weighted by molar-refractivity contribution is 5.86. The SMILES string of the molecule is O=C(O)c1cn(-c2ccc(F)cc2)cnc1=O.